The second kappa shape index (κ2) is 7.79. The highest BCUT2D eigenvalue weighted by Crippen LogP contribution is 2.56. The van der Waals surface area contributed by atoms with Gasteiger partial charge in [-0.3, -0.25) is 9.59 Å². The van der Waals surface area contributed by atoms with Crippen LogP contribution in [-0.2, 0) is 11.2 Å². The minimum Gasteiger partial charge on any atom is -0.342 e. The van der Waals surface area contributed by atoms with E-state index < -0.39 is 0 Å². The van der Waals surface area contributed by atoms with Crippen LogP contribution in [0.15, 0.2) is 18.2 Å². The number of carbonyl (C=O) groups is 2. The van der Waals surface area contributed by atoms with Crippen molar-refractivity contribution in [1.29, 1.82) is 0 Å². The molecule has 1 saturated carbocycles. The van der Waals surface area contributed by atoms with Crippen LogP contribution in [0.5, 0.6) is 0 Å². The summed E-state index contributed by atoms with van der Waals surface area (Å²) in [5.74, 6) is 3.36. The standard InChI is InChI=1S/C22H31BN2O2/c1-14-21(22(14)23)18-5-4-17(19(9-18)13-26)7-16-11-25(12-16)20(27)8-15-3-2-6-24-10-15/h4-5,9,13-16,21-22,24H,2-3,6-8,10-12,23H2,1H3/t14-,15?,21?,22?/m0/s1. The fourth-order valence-corrected chi connectivity index (χ4v) is 5.07. The quantitative estimate of drug-likeness (QED) is 0.619. The van der Waals surface area contributed by atoms with Gasteiger partial charge in [0.1, 0.15) is 14.1 Å². The zero-order chi connectivity index (χ0) is 19.0. The number of likely N-dealkylation sites (tertiary alicyclic amines) is 1. The molecule has 5 heteroatoms. The number of aldehydes is 1. The van der Waals surface area contributed by atoms with Crippen LogP contribution in [0.4, 0.5) is 0 Å². The minimum absolute atomic E-state index is 0.308. The van der Waals surface area contributed by atoms with E-state index in [-0.39, 0.29) is 0 Å². The first-order chi connectivity index (χ1) is 13.1. The van der Waals surface area contributed by atoms with Gasteiger partial charge in [0.15, 0.2) is 0 Å². The van der Waals surface area contributed by atoms with Gasteiger partial charge in [-0.1, -0.05) is 24.9 Å². The number of rotatable bonds is 6. The van der Waals surface area contributed by atoms with E-state index in [1.54, 1.807) is 0 Å². The molecule has 144 valence electrons. The molecule has 3 unspecified atom stereocenters. The maximum absolute atomic E-state index is 12.4. The van der Waals surface area contributed by atoms with Gasteiger partial charge in [-0.2, -0.15) is 0 Å². The fraction of sp³-hybridized carbons (Fsp3) is 0.636. The van der Waals surface area contributed by atoms with Crippen LogP contribution in [0.25, 0.3) is 0 Å². The van der Waals surface area contributed by atoms with Gasteiger partial charge in [-0.25, -0.2) is 0 Å². The Hall–Kier alpha value is -1.62. The van der Waals surface area contributed by atoms with E-state index in [4.69, 9.17) is 0 Å². The molecule has 1 aromatic carbocycles. The zero-order valence-electron chi connectivity index (χ0n) is 16.6. The second-order valence-electron chi connectivity index (χ2n) is 9.11. The van der Waals surface area contributed by atoms with Crippen LogP contribution in [0, 0.1) is 17.8 Å². The average molecular weight is 366 g/mol. The van der Waals surface area contributed by atoms with Crippen molar-refractivity contribution in [3.05, 3.63) is 34.9 Å². The summed E-state index contributed by atoms with van der Waals surface area (Å²) in [5.41, 5.74) is 3.30. The third-order valence-electron chi connectivity index (χ3n) is 7.18. The molecular weight excluding hydrogens is 335 g/mol. The van der Waals surface area contributed by atoms with Crippen LogP contribution in [0.2, 0.25) is 5.82 Å². The number of benzene rings is 1. The number of hydrogen-bond acceptors (Lipinski definition) is 3. The minimum atomic E-state index is 0.308. The van der Waals surface area contributed by atoms with Gasteiger partial charge in [0.2, 0.25) is 5.91 Å². The molecule has 0 aromatic heterocycles. The molecule has 1 N–H and O–H groups in total. The zero-order valence-corrected chi connectivity index (χ0v) is 16.6. The maximum Gasteiger partial charge on any atom is 0.222 e. The van der Waals surface area contributed by atoms with Gasteiger partial charge in [-0.05, 0) is 73.2 Å². The van der Waals surface area contributed by atoms with Gasteiger partial charge < -0.3 is 10.2 Å². The number of piperidine rings is 1. The molecule has 0 bridgehead atoms. The number of nitrogens with one attached hydrogen (secondary N) is 1. The van der Waals surface area contributed by atoms with Crippen LogP contribution < -0.4 is 5.32 Å². The predicted octanol–water partition coefficient (Wildman–Crippen LogP) is 2.04. The van der Waals surface area contributed by atoms with Crippen molar-refractivity contribution in [3.63, 3.8) is 0 Å². The van der Waals surface area contributed by atoms with E-state index in [9.17, 15) is 9.59 Å². The van der Waals surface area contributed by atoms with E-state index in [1.165, 1.54) is 18.4 Å². The lowest BCUT2D eigenvalue weighted by Gasteiger charge is -2.40. The van der Waals surface area contributed by atoms with E-state index in [0.717, 1.165) is 61.7 Å². The molecule has 2 saturated heterocycles. The fourth-order valence-electron chi connectivity index (χ4n) is 5.07. The molecule has 4 atom stereocenters. The Morgan fingerprint density at radius 1 is 1.33 bits per heavy atom. The van der Waals surface area contributed by atoms with E-state index in [0.29, 0.717) is 30.1 Å². The number of nitrogens with zero attached hydrogens (tertiary/aromatic N) is 1. The first-order valence-electron chi connectivity index (χ1n) is 10.6. The largest absolute Gasteiger partial charge is 0.342 e. The highest BCUT2D eigenvalue weighted by molar-refractivity contribution is 6.15. The highest BCUT2D eigenvalue weighted by Gasteiger charge is 2.43. The van der Waals surface area contributed by atoms with Crippen molar-refractivity contribution in [3.8, 4) is 0 Å². The van der Waals surface area contributed by atoms with Crippen molar-refractivity contribution in [2.75, 3.05) is 26.2 Å². The molecule has 1 aliphatic carbocycles. The van der Waals surface area contributed by atoms with Gasteiger partial charge in [0.25, 0.3) is 0 Å². The third-order valence-corrected chi connectivity index (χ3v) is 7.18. The molecule has 1 amide bonds. The SMILES string of the molecule is BC1C(c2ccc(CC3CN(C(=O)CC4CCCNC4)C3)c(C=O)c2)[C@@H]1C. The van der Waals surface area contributed by atoms with Crippen LogP contribution in [0.3, 0.4) is 0 Å². The van der Waals surface area contributed by atoms with Crippen molar-refractivity contribution in [2.24, 2.45) is 17.8 Å². The summed E-state index contributed by atoms with van der Waals surface area (Å²) < 4.78 is 0. The molecule has 0 spiro atoms. The Bertz CT molecular complexity index is 702. The number of hydrogen-bond donors (Lipinski definition) is 1. The molecule has 27 heavy (non-hydrogen) atoms. The summed E-state index contributed by atoms with van der Waals surface area (Å²) >= 11 is 0. The summed E-state index contributed by atoms with van der Waals surface area (Å²) in [6.45, 7) is 6.04. The predicted molar refractivity (Wildman–Crippen MR) is 110 cm³/mol. The molecule has 2 aliphatic heterocycles. The monoisotopic (exact) mass is 366 g/mol. The molecule has 3 fully saturated rings. The van der Waals surface area contributed by atoms with Crippen molar-refractivity contribution >= 4 is 20.0 Å². The Morgan fingerprint density at radius 2 is 2.11 bits per heavy atom. The summed E-state index contributed by atoms with van der Waals surface area (Å²) in [5, 5.41) is 3.39. The average Bonchev–Trinajstić information content (AvgIpc) is 3.24. The van der Waals surface area contributed by atoms with Crippen molar-refractivity contribution in [2.45, 2.75) is 44.3 Å². The first kappa shape index (κ1) is 18.7. The van der Waals surface area contributed by atoms with E-state index in [2.05, 4.69) is 38.3 Å². The molecule has 0 radical (unpaired) electrons. The van der Waals surface area contributed by atoms with Crippen molar-refractivity contribution < 1.29 is 9.59 Å². The van der Waals surface area contributed by atoms with Gasteiger partial charge in [-0.15, -0.1) is 0 Å². The Morgan fingerprint density at radius 3 is 2.74 bits per heavy atom. The first-order valence-corrected chi connectivity index (χ1v) is 10.6. The van der Waals surface area contributed by atoms with Gasteiger partial charge in [0, 0.05) is 25.1 Å². The maximum atomic E-state index is 12.4. The van der Waals surface area contributed by atoms with Gasteiger partial charge in [0.05, 0.1) is 0 Å². The lowest BCUT2D eigenvalue weighted by Crippen LogP contribution is -2.51. The Kier molecular flexibility index (Phi) is 5.40. The smallest absolute Gasteiger partial charge is 0.222 e. The number of amides is 1. The highest BCUT2D eigenvalue weighted by atomic mass is 16.2. The van der Waals surface area contributed by atoms with E-state index in [1.807, 2.05) is 4.90 Å². The Balaban J connectivity index is 1.29. The summed E-state index contributed by atoms with van der Waals surface area (Å²) in [6.07, 6.45) is 4.95. The molecule has 1 aromatic rings. The normalized spacial score (nSPS) is 30.6. The van der Waals surface area contributed by atoms with Crippen molar-refractivity contribution in [1.82, 2.24) is 10.2 Å². The lowest BCUT2D eigenvalue weighted by atomic mass is 9.87. The second-order valence-corrected chi connectivity index (χ2v) is 9.11. The molecular formula is C22H31BN2O2. The molecule has 4 nitrogen and oxygen atoms in total. The topological polar surface area (TPSA) is 49.4 Å². The lowest BCUT2D eigenvalue weighted by molar-refractivity contribution is -0.138. The van der Waals surface area contributed by atoms with Crippen LogP contribution >= 0.6 is 0 Å². The molecule has 3 aliphatic rings. The summed E-state index contributed by atoms with van der Waals surface area (Å²) in [7, 11) is 2.28. The third kappa shape index (κ3) is 3.98. The number of carbonyl (C=O) groups excluding carboxylic acids is 2. The Labute approximate surface area is 163 Å². The van der Waals surface area contributed by atoms with Crippen LogP contribution in [0.1, 0.15) is 53.6 Å². The molecule has 4 rings (SSSR count). The molecule has 2 heterocycles. The van der Waals surface area contributed by atoms with E-state index >= 15 is 0 Å². The van der Waals surface area contributed by atoms with Crippen LogP contribution in [-0.4, -0.2) is 51.1 Å². The summed E-state index contributed by atoms with van der Waals surface area (Å²) in [4.78, 5) is 26.0. The summed E-state index contributed by atoms with van der Waals surface area (Å²) in [6, 6.07) is 6.46. The van der Waals surface area contributed by atoms with Gasteiger partial charge >= 0.3 is 0 Å².